The van der Waals surface area contributed by atoms with Crippen LogP contribution >= 0.6 is 0 Å². The van der Waals surface area contributed by atoms with Crippen LogP contribution in [0.1, 0.15) is 39.1 Å². The molecule has 0 aliphatic heterocycles. The molecule has 130 valence electrons. The standard InChI is InChI=1S/C18H18FN3O3/c1-20-17(24)14-8-12(16(23)21-13-6-7-13)10-22(18(14)25)9-11-4-2-3-5-15(11)19/h2-5,8,10,13H,6-7,9H2,1H3,(H,20,24)(H,21,23). The van der Waals surface area contributed by atoms with Gasteiger partial charge >= 0.3 is 0 Å². The van der Waals surface area contributed by atoms with Crippen LogP contribution in [-0.4, -0.2) is 29.5 Å². The summed E-state index contributed by atoms with van der Waals surface area (Å²) in [5.41, 5.74) is -0.235. The van der Waals surface area contributed by atoms with Crippen LogP contribution in [-0.2, 0) is 6.54 Å². The molecule has 1 aromatic carbocycles. The number of benzene rings is 1. The predicted octanol–water partition coefficient (Wildman–Crippen LogP) is 1.29. The van der Waals surface area contributed by atoms with E-state index >= 15 is 0 Å². The molecule has 0 radical (unpaired) electrons. The molecule has 3 rings (SSSR count). The minimum Gasteiger partial charge on any atom is -0.355 e. The normalized spacial score (nSPS) is 13.4. The molecule has 0 saturated heterocycles. The second-order valence-electron chi connectivity index (χ2n) is 5.99. The van der Waals surface area contributed by atoms with Crippen molar-refractivity contribution in [2.45, 2.75) is 25.4 Å². The molecule has 1 heterocycles. The molecule has 1 aliphatic carbocycles. The van der Waals surface area contributed by atoms with Crippen molar-refractivity contribution >= 4 is 11.8 Å². The molecule has 1 fully saturated rings. The first-order valence-corrected chi connectivity index (χ1v) is 8.00. The highest BCUT2D eigenvalue weighted by Crippen LogP contribution is 2.19. The summed E-state index contributed by atoms with van der Waals surface area (Å²) in [6, 6.07) is 7.48. The van der Waals surface area contributed by atoms with Crippen LogP contribution < -0.4 is 16.2 Å². The van der Waals surface area contributed by atoms with Crippen LogP contribution in [0.5, 0.6) is 0 Å². The van der Waals surface area contributed by atoms with Crippen LogP contribution in [0.2, 0.25) is 0 Å². The molecule has 7 heteroatoms. The van der Waals surface area contributed by atoms with Gasteiger partial charge in [0.05, 0.1) is 12.1 Å². The smallest absolute Gasteiger partial charge is 0.263 e. The van der Waals surface area contributed by atoms with Crippen molar-refractivity contribution in [2.75, 3.05) is 7.05 Å². The number of amides is 2. The summed E-state index contributed by atoms with van der Waals surface area (Å²) in [6.45, 7) is -0.0694. The third kappa shape index (κ3) is 3.76. The zero-order valence-electron chi connectivity index (χ0n) is 13.7. The topological polar surface area (TPSA) is 80.2 Å². The number of rotatable bonds is 5. The summed E-state index contributed by atoms with van der Waals surface area (Å²) < 4.78 is 15.1. The first-order valence-electron chi connectivity index (χ1n) is 8.00. The number of pyridine rings is 1. The molecule has 0 bridgehead atoms. The van der Waals surface area contributed by atoms with Crippen molar-refractivity contribution in [3.05, 3.63) is 69.4 Å². The Morgan fingerprint density at radius 2 is 1.96 bits per heavy atom. The van der Waals surface area contributed by atoms with Gasteiger partial charge in [0.2, 0.25) is 0 Å². The fraction of sp³-hybridized carbons (Fsp3) is 0.278. The van der Waals surface area contributed by atoms with E-state index in [4.69, 9.17) is 0 Å². The minimum absolute atomic E-state index is 0.0694. The molecule has 1 saturated carbocycles. The second kappa shape index (κ2) is 6.88. The zero-order chi connectivity index (χ0) is 18.0. The Morgan fingerprint density at radius 1 is 1.24 bits per heavy atom. The van der Waals surface area contributed by atoms with Gasteiger partial charge in [-0.2, -0.15) is 0 Å². The van der Waals surface area contributed by atoms with Crippen LogP contribution in [0.4, 0.5) is 4.39 Å². The van der Waals surface area contributed by atoms with Crippen LogP contribution in [0, 0.1) is 5.82 Å². The van der Waals surface area contributed by atoms with Gasteiger partial charge in [0.1, 0.15) is 11.4 Å². The third-order valence-corrected chi connectivity index (χ3v) is 4.03. The van der Waals surface area contributed by atoms with Gasteiger partial charge in [-0.3, -0.25) is 14.4 Å². The van der Waals surface area contributed by atoms with Crippen LogP contribution in [0.3, 0.4) is 0 Å². The van der Waals surface area contributed by atoms with Crippen LogP contribution in [0.25, 0.3) is 0 Å². The van der Waals surface area contributed by atoms with Crippen molar-refractivity contribution in [1.82, 2.24) is 15.2 Å². The van der Waals surface area contributed by atoms with Crippen molar-refractivity contribution in [1.29, 1.82) is 0 Å². The van der Waals surface area contributed by atoms with Gasteiger partial charge in [0, 0.05) is 24.8 Å². The number of hydrogen-bond donors (Lipinski definition) is 2. The Morgan fingerprint density at radius 3 is 2.60 bits per heavy atom. The van der Waals surface area contributed by atoms with E-state index in [1.807, 2.05) is 0 Å². The van der Waals surface area contributed by atoms with E-state index in [1.165, 1.54) is 29.9 Å². The predicted molar refractivity (Wildman–Crippen MR) is 90.1 cm³/mol. The van der Waals surface area contributed by atoms with E-state index in [-0.39, 0.29) is 29.6 Å². The highest BCUT2D eigenvalue weighted by atomic mass is 19.1. The molecular formula is C18H18FN3O3. The summed E-state index contributed by atoms with van der Waals surface area (Å²) >= 11 is 0. The van der Waals surface area contributed by atoms with Gasteiger partial charge in [0.25, 0.3) is 17.4 Å². The monoisotopic (exact) mass is 343 g/mol. The first-order chi connectivity index (χ1) is 12.0. The Labute approximate surface area is 143 Å². The van der Waals surface area contributed by atoms with Crippen molar-refractivity contribution in [2.24, 2.45) is 0 Å². The molecule has 1 aliphatic rings. The first kappa shape index (κ1) is 16.9. The van der Waals surface area contributed by atoms with Gasteiger partial charge in [-0.1, -0.05) is 18.2 Å². The lowest BCUT2D eigenvalue weighted by molar-refractivity contribution is 0.0950. The van der Waals surface area contributed by atoms with Gasteiger partial charge in [-0.25, -0.2) is 4.39 Å². The van der Waals surface area contributed by atoms with E-state index in [2.05, 4.69) is 10.6 Å². The maximum absolute atomic E-state index is 13.9. The Balaban J connectivity index is 2.02. The van der Waals surface area contributed by atoms with Gasteiger partial charge in [0.15, 0.2) is 0 Å². The second-order valence-corrected chi connectivity index (χ2v) is 5.99. The van der Waals surface area contributed by atoms with E-state index < -0.39 is 17.3 Å². The maximum atomic E-state index is 13.9. The number of hydrogen-bond acceptors (Lipinski definition) is 3. The molecule has 1 aromatic heterocycles. The highest BCUT2D eigenvalue weighted by Gasteiger charge is 2.25. The molecule has 2 aromatic rings. The largest absolute Gasteiger partial charge is 0.355 e. The van der Waals surface area contributed by atoms with Gasteiger partial charge in [-0.15, -0.1) is 0 Å². The van der Waals surface area contributed by atoms with Crippen molar-refractivity contribution < 1.29 is 14.0 Å². The van der Waals surface area contributed by atoms with E-state index in [1.54, 1.807) is 18.2 Å². The Kier molecular flexibility index (Phi) is 4.65. The SMILES string of the molecule is CNC(=O)c1cc(C(=O)NC2CC2)cn(Cc2ccccc2F)c1=O. The van der Waals surface area contributed by atoms with E-state index in [0.717, 1.165) is 12.8 Å². The minimum atomic E-state index is -0.589. The third-order valence-electron chi connectivity index (χ3n) is 4.03. The molecule has 0 unspecified atom stereocenters. The molecule has 2 amide bonds. The lowest BCUT2D eigenvalue weighted by atomic mass is 10.1. The molecule has 0 spiro atoms. The molecular weight excluding hydrogens is 325 g/mol. The quantitative estimate of drug-likeness (QED) is 0.858. The van der Waals surface area contributed by atoms with E-state index in [9.17, 15) is 18.8 Å². The number of carbonyl (C=O) groups is 2. The van der Waals surface area contributed by atoms with Gasteiger partial charge in [-0.05, 0) is 25.0 Å². The lowest BCUT2D eigenvalue weighted by Gasteiger charge is -2.12. The number of halogens is 1. The fourth-order valence-corrected chi connectivity index (χ4v) is 2.48. The number of nitrogens with zero attached hydrogens (tertiary/aromatic N) is 1. The summed E-state index contributed by atoms with van der Waals surface area (Å²) in [7, 11) is 1.40. The van der Waals surface area contributed by atoms with Crippen LogP contribution in [0.15, 0.2) is 41.3 Å². The molecule has 0 atom stereocenters. The summed E-state index contributed by atoms with van der Waals surface area (Å²) in [6.07, 6.45) is 3.20. The van der Waals surface area contributed by atoms with E-state index in [0.29, 0.717) is 5.56 Å². The molecule has 2 N–H and O–H groups in total. The highest BCUT2D eigenvalue weighted by molar-refractivity contribution is 5.99. The average molecular weight is 343 g/mol. The Bertz CT molecular complexity index is 887. The number of carbonyl (C=O) groups excluding carboxylic acids is 2. The number of aromatic nitrogens is 1. The molecule has 6 nitrogen and oxygen atoms in total. The summed E-state index contributed by atoms with van der Waals surface area (Å²) in [4.78, 5) is 36.8. The summed E-state index contributed by atoms with van der Waals surface area (Å²) in [5.74, 6) is -1.40. The maximum Gasteiger partial charge on any atom is 0.263 e. The lowest BCUT2D eigenvalue weighted by Crippen LogP contribution is -2.34. The van der Waals surface area contributed by atoms with Crippen molar-refractivity contribution in [3.8, 4) is 0 Å². The zero-order valence-corrected chi connectivity index (χ0v) is 13.7. The number of nitrogens with one attached hydrogen (secondary N) is 2. The fourth-order valence-electron chi connectivity index (χ4n) is 2.48. The Hall–Kier alpha value is -2.96. The summed E-state index contributed by atoms with van der Waals surface area (Å²) in [5, 5.41) is 5.20. The molecule has 25 heavy (non-hydrogen) atoms. The average Bonchev–Trinajstić information content (AvgIpc) is 3.41. The van der Waals surface area contributed by atoms with Crippen molar-refractivity contribution in [3.63, 3.8) is 0 Å². The van der Waals surface area contributed by atoms with Gasteiger partial charge < -0.3 is 15.2 Å².